The van der Waals surface area contributed by atoms with Crippen LogP contribution >= 0.6 is 0 Å². The van der Waals surface area contributed by atoms with Crippen molar-refractivity contribution in [2.75, 3.05) is 26.8 Å². The molecule has 1 aromatic rings. The van der Waals surface area contributed by atoms with Crippen LogP contribution in [0.1, 0.15) is 31.2 Å². The van der Waals surface area contributed by atoms with E-state index >= 15 is 0 Å². The second-order valence-electron chi connectivity index (χ2n) is 6.44. The maximum atomic E-state index is 12.8. The standard InChI is InChI=1S/C17H23NO3/c1-21-13-16(8-5-9-16)15(19)18-11-10-17(20,12-18)14-6-3-2-4-7-14/h2-4,6-7,20H,5,8-13H2,1H3. The molecule has 1 aromatic carbocycles. The summed E-state index contributed by atoms with van der Waals surface area (Å²) in [7, 11) is 1.65. The first-order chi connectivity index (χ1) is 10.1. The van der Waals surface area contributed by atoms with E-state index in [2.05, 4.69) is 0 Å². The molecule has 0 bridgehead atoms. The number of ether oxygens (including phenoxy) is 1. The second-order valence-corrected chi connectivity index (χ2v) is 6.44. The fourth-order valence-electron chi connectivity index (χ4n) is 3.59. The van der Waals surface area contributed by atoms with Crippen LogP contribution in [0.15, 0.2) is 30.3 Å². The maximum Gasteiger partial charge on any atom is 0.231 e. The number of methoxy groups -OCH3 is 1. The molecule has 3 rings (SSSR count). The van der Waals surface area contributed by atoms with Crippen LogP contribution in [0, 0.1) is 5.41 Å². The molecule has 21 heavy (non-hydrogen) atoms. The lowest BCUT2D eigenvalue weighted by atomic mass is 9.68. The number of nitrogens with zero attached hydrogens (tertiary/aromatic N) is 1. The number of carbonyl (C=O) groups is 1. The van der Waals surface area contributed by atoms with E-state index in [1.807, 2.05) is 35.2 Å². The number of likely N-dealkylation sites (tertiary alicyclic amines) is 1. The van der Waals surface area contributed by atoms with Gasteiger partial charge < -0.3 is 14.7 Å². The van der Waals surface area contributed by atoms with Crippen molar-refractivity contribution in [2.24, 2.45) is 5.41 Å². The van der Waals surface area contributed by atoms with E-state index in [-0.39, 0.29) is 11.3 Å². The molecule has 4 heteroatoms. The highest BCUT2D eigenvalue weighted by Crippen LogP contribution is 2.44. The van der Waals surface area contributed by atoms with E-state index in [1.54, 1.807) is 7.11 Å². The number of aliphatic hydroxyl groups is 1. The van der Waals surface area contributed by atoms with Gasteiger partial charge in [0, 0.05) is 13.7 Å². The van der Waals surface area contributed by atoms with E-state index < -0.39 is 5.60 Å². The van der Waals surface area contributed by atoms with Crippen molar-refractivity contribution in [3.8, 4) is 0 Å². The molecule has 4 nitrogen and oxygen atoms in total. The van der Waals surface area contributed by atoms with E-state index in [0.29, 0.717) is 26.1 Å². The summed E-state index contributed by atoms with van der Waals surface area (Å²) in [5.41, 5.74) is -0.347. The molecular formula is C17H23NO3. The third-order valence-electron chi connectivity index (χ3n) is 5.03. The predicted molar refractivity (Wildman–Crippen MR) is 79.7 cm³/mol. The lowest BCUT2D eigenvalue weighted by molar-refractivity contribution is -0.152. The first kappa shape index (κ1) is 14.5. The van der Waals surface area contributed by atoms with Crippen LogP contribution in [0.25, 0.3) is 0 Å². The largest absolute Gasteiger partial charge is 0.384 e. The first-order valence-corrected chi connectivity index (χ1v) is 7.66. The average molecular weight is 289 g/mol. The van der Waals surface area contributed by atoms with Crippen molar-refractivity contribution in [3.63, 3.8) is 0 Å². The van der Waals surface area contributed by atoms with Crippen molar-refractivity contribution in [2.45, 2.75) is 31.3 Å². The fourth-order valence-corrected chi connectivity index (χ4v) is 3.59. The number of benzene rings is 1. The third kappa shape index (κ3) is 2.47. The normalized spacial score (nSPS) is 27.4. The summed E-state index contributed by atoms with van der Waals surface area (Å²) in [5, 5.41) is 10.8. The highest BCUT2D eigenvalue weighted by atomic mass is 16.5. The van der Waals surface area contributed by atoms with Gasteiger partial charge in [-0.2, -0.15) is 0 Å². The van der Waals surface area contributed by atoms with Crippen molar-refractivity contribution in [1.29, 1.82) is 0 Å². The Morgan fingerprint density at radius 3 is 2.57 bits per heavy atom. The SMILES string of the molecule is COCC1(C(=O)N2CCC(O)(c3ccccc3)C2)CCC1. The van der Waals surface area contributed by atoms with Crippen LogP contribution in [0.5, 0.6) is 0 Å². The van der Waals surface area contributed by atoms with Gasteiger partial charge in [0.25, 0.3) is 0 Å². The predicted octanol–water partition coefficient (Wildman–Crippen LogP) is 1.92. The number of rotatable bonds is 4. The molecular weight excluding hydrogens is 266 g/mol. The Balaban J connectivity index is 1.73. The third-order valence-corrected chi connectivity index (χ3v) is 5.03. The van der Waals surface area contributed by atoms with E-state index in [0.717, 1.165) is 24.8 Å². The molecule has 0 radical (unpaired) electrons. The molecule has 1 aliphatic carbocycles. The van der Waals surface area contributed by atoms with E-state index in [1.165, 1.54) is 0 Å². The number of carbonyl (C=O) groups excluding carboxylic acids is 1. The number of hydrogen-bond acceptors (Lipinski definition) is 3. The van der Waals surface area contributed by atoms with Gasteiger partial charge in [-0.3, -0.25) is 4.79 Å². The van der Waals surface area contributed by atoms with Gasteiger partial charge in [-0.1, -0.05) is 36.8 Å². The molecule has 2 aliphatic rings. The van der Waals surface area contributed by atoms with Crippen molar-refractivity contribution < 1.29 is 14.6 Å². The number of amides is 1. The molecule has 0 spiro atoms. The van der Waals surface area contributed by atoms with Crippen molar-refractivity contribution in [3.05, 3.63) is 35.9 Å². The molecule has 0 aromatic heterocycles. The summed E-state index contributed by atoms with van der Waals surface area (Å²) in [6.07, 6.45) is 3.50. The summed E-state index contributed by atoms with van der Waals surface area (Å²) >= 11 is 0. The zero-order chi connectivity index (χ0) is 14.9. The Bertz CT molecular complexity index is 512. The summed E-state index contributed by atoms with van der Waals surface area (Å²) < 4.78 is 5.26. The van der Waals surface area contributed by atoms with Crippen LogP contribution in [-0.2, 0) is 15.1 Å². The molecule has 1 saturated carbocycles. The van der Waals surface area contributed by atoms with Crippen LogP contribution < -0.4 is 0 Å². The smallest absolute Gasteiger partial charge is 0.231 e. The summed E-state index contributed by atoms with van der Waals surface area (Å²) in [5.74, 6) is 0.155. The van der Waals surface area contributed by atoms with Gasteiger partial charge in [0.1, 0.15) is 5.60 Å². The molecule has 1 unspecified atom stereocenters. The van der Waals surface area contributed by atoms with Gasteiger partial charge in [0.2, 0.25) is 5.91 Å². The van der Waals surface area contributed by atoms with Crippen LogP contribution in [0.4, 0.5) is 0 Å². The molecule has 1 saturated heterocycles. The Morgan fingerprint density at radius 2 is 2.00 bits per heavy atom. The summed E-state index contributed by atoms with van der Waals surface area (Å²) in [6, 6.07) is 9.66. The van der Waals surface area contributed by atoms with E-state index in [4.69, 9.17) is 4.74 Å². The highest BCUT2D eigenvalue weighted by Gasteiger charge is 2.49. The van der Waals surface area contributed by atoms with Gasteiger partial charge in [-0.15, -0.1) is 0 Å². The zero-order valence-electron chi connectivity index (χ0n) is 12.5. The van der Waals surface area contributed by atoms with Crippen LogP contribution in [0.3, 0.4) is 0 Å². The van der Waals surface area contributed by atoms with Gasteiger partial charge in [-0.25, -0.2) is 0 Å². The Morgan fingerprint density at radius 1 is 1.29 bits per heavy atom. The van der Waals surface area contributed by atoms with E-state index in [9.17, 15) is 9.90 Å². The molecule has 1 heterocycles. The van der Waals surface area contributed by atoms with Gasteiger partial charge in [-0.05, 0) is 24.8 Å². The maximum absolute atomic E-state index is 12.8. The Hall–Kier alpha value is -1.39. The highest BCUT2D eigenvalue weighted by molar-refractivity contribution is 5.84. The quantitative estimate of drug-likeness (QED) is 0.921. The molecule has 1 aliphatic heterocycles. The Kier molecular flexibility index (Phi) is 3.76. The Labute approximate surface area is 125 Å². The number of β-amino-alcohol motifs (C(OH)–C–C–N with tert-alkyl or cyclic N) is 1. The van der Waals surface area contributed by atoms with Crippen LogP contribution in [0.2, 0.25) is 0 Å². The monoisotopic (exact) mass is 289 g/mol. The van der Waals surface area contributed by atoms with Crippen molar-refractivity contribution >= 4 is 5.91 Å². The van der Waals surface area contributed by atoms with Gasteiger partial charge in [0.05, 0.1) is 18.6 Å². The number of hydrogen-bond donors (Lipinski definition) is 1. The minimum atomic E-state index is -0.908. The van der Waals surface area contributed by atoms with Crippen LogP contribution in [-0.4, -0.2) is 42.7 Å². The molecule has 1 amide bonds. The van der Waals surface area contributed by atoms with Gasteiger partial charge >= 0.3 is 0 Å². The van der Waals surface area contributed by atoms with Gasteiger partial charge in [0.15, 0.2) is 0 Å². The average Bonchev–Trinajstić information content (AvgIpc) is 2.87. The molecule has 1 N–H and O–H groups in total. The molecule has 1 atom stereocenters. The lowest BCUT2D eigenvalue weighted by Crippen LogP contribution is -2.50. The second kappa shape index (κ2) is 5.43. The minimum Gasteiger partial charge on any atom is -0.384 e. The summed E-state index contributed by atoms with van der Waals surface area (Å²) in [6.45, 7) is 1.50. The lowest BCUT2D eigenvalue weighted by Gasteiger charge is -2.42. The first-order valence-electron chi connectivity index (χ1n) is 7.66. The minimum absolute atomic E-state index is 0.155. The zero-order valence-corrected chi connectivity index (χ0v) is 12.5. The topological polar surface area (TPSA) is 49.8 Å². The summed E-state index contributed by atoms with van der Waals surface area (Å²) in [4.78, 5) is 14.6. The van der Waals surface area contributed by atoms with Crippen molar-refractivity contribution in [1.82, 2.24) is 4.90 Å². The molecule has 2 fully saturated rings. The molecule has 114 valence electrons. The fraction of sp³-hybridized carbons (Fsp3) is 0.588.